The van der Waals surface area contributed by atoms with Crippen LogP contribution in [0.3, 0.4) is 0 Å². The highest BCUT2D eigenvalue weighted by Gasteiger charge is 2.29. The molecule has 5 nitrogen and oxygen atoms in total. The van der Waals surface area contributed by atoms with Gasteiger partial charge in [0.15, 0.2) is 0 Å². The molecule has 0 aliphatic carbocycles. The molecule has 120 valence electrons. The number of piperidine rings is 1. The molecule has 1 aliphatic heterocycles. The minimum Gasteiger partial charge on any atom is -0.494 e. The molecule has 2 N–H and O–H groups in total. The summed E-state index contributed by atoms with van der Waals surface area (Å²) in [5, 5.41) is 0. The Hall–Kier alpha value is -1.56. The third kappa shape index (κ3) is 4.73. The number of halogens is 1. The standard InChI is InChI=1S/C16H21BrN2O3/c17-12-5-3-6-13(11-12)22-10-4-8-15(20)19-9-2-1-7-14(19)16(18)21/h3,5-6,11,14H,1-2,4,7-10H2,(H2,18,21). The fraction of sp³-hybridized carbons (Fsp3) is 0.500. The van der Waals surface area contributed by atoms with Crippen molar-refractivity contribution < 1.29 is 14.3 Å². The number of likely N-dealkylation sites (tertiary alicyclic amines) is 1. The van der Waals surface area contributed by atoms with Crippen LogP contribution >= 0.6 is 15.9 Å². The first-order valence-electron chi connectivity index (χ1n) is 7.55. The van der Waals surface area contributed by atoms with Crippen molar-refractivity contribution in [2.45, 2.75) is 38.1 Å². The molecule has 1 atom stereocenters. The molecule has 0 bridgehead atoms. The van der Waals surface area contributed by atoms with Gasteiger partial charge in [0.2, 0.25) is 11.8 Å². The van der Waals surface area contributed by atoms with Crippen LogP contribution in [0.4, 0.5) is 0 Å². The lowest BCUT2D eigenvalue weighted by Crippen LogP contribution is -2.50. The smallest absolute Gasteiger partial charge is 0.240 e. The van der Waals surface area contributed by atoms with E-state index in [4.69, 9.17) is 10.5 Å². The monoisotopic (exact) mass is 368 g/mol. The third-order valence-electron chi connectivity index (χ3n) is 3.75. The first-order chi connectivity index (χ1) is 10.6. The number of rotatable bonds is 6. The second-order valence-corrected chi connectivity index (χ2v) is 6.33. The molecular formula is C16H21BrN2O3. The SMILES string of the molecule is NC(=O)C1CCCCN1C(=O)CCCOc1cccc(Br)c1. The minimum absolute atomic E-state index is 0.0126. The van der Waals surface area contributed by atoms with Gasteiger partial charge in [-0.05, 0) is 43.9 Å². The number of hydrogen-bond acceptors (Lipinski definition) is 3. The maximum Gasteiger partial charge on any atom is 0.240 e. The molecule has 1 heterocycles. The lowest BCUT2D eigenvalue weighted by molar-refractivity contribution is -0.141. The van der Waals surface area contributed by atoms with E-state index < -0.39 is 11.9 Å². The summed E-state index contributed by atoms with van der Waals surface area (Å²) < 4.78 is 6.56. The lowest BCUT2D eigenvalue weighted by Gasteiger charge is -2.33. The van der Waals surface area contributed by atoms with E-state index in [0.717, 1.165) is 23.1 Å². The van der Waals surface area contributed by atoms with E-state index >= 15 is 0 Å². The van der Waals surface area contributed by atoms with E-state index in [-0.39, 0.29) is 5.91 Å². The van der Waals surface area contributed by atoms with Crippen molar-refractivity contribution in [2.24, 2.45) is 5.73 Å². The number of nitrogens with two attached hydrogens (primary N) is 1. The van der Waals surface area contributed by atoms with Crippen LogP contribution in [-0.2, 0) is 9.59 Å². The Morgan fingerprint density at radius 3 is 2.91 bits per heavy atom. The first-order valence-corrected chi connectivity index (χ1v) is 8.34. The van der Waals surface area contributed by atoms with Crippen molar-refractivity contribution >= 4 is 27.7 Å². The molecule has 0 saturated carbocycles. The van der Waals surface area contributed by atoms with E-state index in [0.29, 0.717) is 32.4 Å². The zero-order chi connectivity index (χ0) is 15.9. The highest BCUT2D eigenvalue weighted by molar-refractivity contribution is 9.10. The number of benzene rings is 1. The van der Waals surface area contributed by atoms with Gasteiger partial charge in [-0.1, -0.05) is 22.0 Å². The molecule has 1 saturated heterocycles. The molecule has 0 spiro atoms. The van der Waals surface area contributed by atoms with Crippen molar-refractivity contribution in [3.63, 3.8) is 0 Å². The third-order valence-corrected chi connectivity index (χ3v) is 4.24. The lowest BCUT2D eigenvalue weighted by atomic mass is 10.0. The molecule has 1 aliphatic rings. The van der Waals surface area contributed by atoms with Crippen LogP contribution in [0.1, 0.15) is 32.1 Å². The number of carbonyl (C=O) groups excluding carboxylic acids is 2. The molecule has 6 heteroatoms. The zero-order valence-electron chi connectivity index (χ0n) is 12.5. The Labute approximate surface area is 138 Å². The number of primary amides is 1. The average Bonchev–Trinajstić information content (AvgIpc) is 2.51. The molecule has 22 heavy (non-hydrogen) atoms. The molecule has 1 unspecified atom stereocenters. The number of carbonyl (C=O) groups is 2. The topological polar surface area (TPSA) is 72.6 Å². The fourth-order valence-electron chi connectivity index (χ4n) is 2.64. The van der Waals surface area contributed by atoms with Gasteiger partial charge in [-0.25, -0.2) is 0 Å². The maximum atomic E-state index is 12.2. The molecule has 1 fully saturated rings. The van der Waals surface area contributed by atoms with Crippen LogP contribution in [0.15, 0.2) is 28.7 Å². The van der Waals surface area contributed by atoms with Crippen molar-refractivity contribution in [1.29, 1.82) is 0 Å². The van der Waals surface area contributed by atoms with Crippen LogP contribution in [0, 0.1) is 0 Å². The predicted molar refractivity (Wildman–Crippen MR) is 87.4 cm³/mol. The summed E-state index contributed by atoms with van der Waals surface area (Å²) in [7, 11) is 0. The van der Waals surface area contributed by atoms with Crippen LogP contribution in [0.5, 0.6) is 5.75 Å². The second-order valence-electron chi connectivity index (χ2n) is 5.41. The quantitative estimate of drug-likeness (QED) is 0.783. The van der Waals surface area contributed by atoms with E-state index in [9.17, 15) is 9.59 Å². The van der Waals surface area contributed by atoms with Crippen LogP contribution in [0.2, 0.25) is 0 Å². The van der Waals surface area contributed by atoms with Crippen LogP contribution < -0.4 is 10.5 Å². The number of ether oxygens (including phenoxy) is 1. The van der Waals surface area contributed by atoms with Crippen molar-refractivity contribution in [3.8, 4) is 5.75 Å². The van der Waals surface area contributed by atoms with Crippen molar-refractivity contribution in [2.75, 3.05) is 13.2 Å². The van der Waals surface area contributed by atoms with Crippen LogP contribution in [0.25, 0.3) is 0 Å². The summed E-state index contributed by atoms with van der Waals surface area (Å²) in [5.41, 5.74) is 5.38. The minimum atomic E-state index is -0.438. The first kappa shape index (κ1) is 16.8. The normalized spacial score (nSPS) is 18.0. The molecule has 2 amide bonds. The molecule has 0 aromatic heterocycles. The van der Waals surface area contributed by atoms with Gasteiger partial charge in [-0.2, -0.15) is 0 Å². The van der Waals surface area contributed by atoms with Gasteiger partial charge in [-0.15, -0.1) is 0 Å². The van der Waals surface area contributed by atoms with E-state index in [1.54, 1.807) is 4.90 Å². The molecule has 1 aromatic carbocycles. The summed E-state index contributed by atoms with van der Waals surface area (Å²) in [6.45, 7) is 1.09. The van der Waals surface area contributed by atoms with Gasteiger partial charge >= 0.3 is 0 Å². The molecule has 1 aromatic rings. The number of nitrogens with zero attached hydrogens (tertiary/aromatic N) is 1. The summed E-state index contributed by atoms with van der Waals surface area (Å²) in [4.78, 5) is 25.3. The Balaban J connectivity index is 1.76. The summed E-state index contributed by atoms with van der Waals surface area (Å²) in [5.74, 6) is 0.356. The average molecular weight is 369 g/mol. The molecule has 0 radical (unpaired) electrons. The van der Waals surface area contributed by atoms with E-state index in [1.807, 2.05) is 24.3 Å². The van der Waals surface area contributed by atoms with Gasteiger partial charge in [0.1, 0.15) is 11.8 Å². The van der Waals surface area contributed by atoms with Gasteiger partial charge in [-0.3, -0.25) is 9.59 Å². The predicted octanol–water partition coefficient (Wildman–Crippen LogP) is 2.47. The Morgan fingerprint density at radius 2 is 2.18 bits per heavy atom. The molecule has 2 rings (SSSR count). The van der Waals surface area contributed by atoms with E-state index in [1.165, 1.54) is 0 Å². The Morgan fingerprint density at radius 1 is 1.36 bits per heavy atom. The second kappa shape index (κ2) is 8.17. The number of hydrogen-bond donors (Lipinski definition) is 1. The van der Waals surface area contributed by atoms with Crippen molar-refractivity contribution in [1.82, 2.24) is 4.90 Å². The molecular weight excluding hydrogens is 348 g/mol. The largest absolute Gasteiger partial charge is 0.494 e. The van der Waals surface area contributed by atoms with Gasteiger partial charge in [0, 0.05) is 17.4 Å². The zero-order valence-corrected chi connectivity index (χ0v) is 14.0. The van der Waals surface area contributed by atoms with Gasteiger partial charge in [0.25, 0.3) is 0 Å². The Bertz CT molecular complexity index is 536. The Kier molecular flexibility index (Phi) is 6.24. The summed E-state index contributed by atoms with van der Waals surface area (Å²) in [6, 6.07) is 7.15. The van der Waals surface area contributed by atoms with Gasteiger partial charge in [0.05, 0.1) is 6.61 Å². The maximum absolute atomic E-state index is 12.2. The van der Waals surface area contributed by atoms with Crippen LogP contribution in [-0.4, -0.2) is 35.9 Å². The summed E-state index contributed by atoms with van der Waals surface area (Å²) in [6.07, 6.45) is 3.55. The fourth-order valence-corrected chi connectivity index (χ4v) is 3.02. The highest BCUT2D eigenvalue weighted by Crippen LogP contribution is 2.19. The van der Waals surface area contributed by atoms with Gasteiger partial charge < -0.3 is 15.4 Å². The number of amides is 2. The van der Waals surface area contributed by atoms with Crippen molar-refractivity contribution in [3.05, 3.63) is 28.7 Å². The summed E-state index contributed by atoms with van der Waals surface area (Å²) >= 11 is 3.38. The van der Waals surface area contributed by atoms with E-state index in [2.05, 4.69) is 15.9 Å². The highest BCUT2D eigenvalue weighted by atomic mass is 79.9.